The van der Waals surface area contributed by atoms with Crippen LogP contribution in [-0.4, -0.2) is 17.3 Å². The first-order valence-electron chi connectivity index (χ1n) is 9.12. The summed E-state index contributed by atoms with van der Waals surface area (Å²) in [5, 5.41) is 14.7. The summed E-state index contributed by atoms with van der Waals surface area (Å²) in [5.74, 6) is -0.682. The number of rotatable bonds is 6. The molecule has 2 aromatic rings. The second-order valence-corrected chi connectivity index (χ2v) is 8.58. The van der Waals surface area contributed by atoms with Crippen molar-refractivity contribution in [3.8, 4) is 6.07 Å². The molecule has 0 unspecified atom stereocenters. The first-order valence-corrected chi connectivity index (χ1v) is 10.9. The fourth-order valence-electron chi connectivity index (χ4n) is 3.37. The number of carbonyl (C=O) groups is 2. The fraction of sp³-hybridized carbons (Fsp3) is 0.174. The van der Waals surface area contributed by atoms with Gasteiger partial charge in [0.25, 0.3) is 0 Å². The molecule has 1 aliphatic heterocycles. The molecule has 1 aliphatic rings. The van der Waals surface area contributed by atoms with Crippen molar-refractivity contribution in [1.29, 1.82) is 5.26 Å². The zero-order valence-corrected chi connectivity index (χ0v) is 18.7. The van der Waals surface area contributed by atoms with Crippen LogP contribution in [0.1, 0.15) is 35.7 Å². The van der Waals surface area contributed by atoms with E-state index >= 15 is 0 Å². The van der Waals surface area contributed by atoms with Crippen LogP contribution in [0.5, 0.6) is 0 Å². The van der Waals surface area contributed by atoms with Crippen LogP contribution in [0.2, 0.25) is 10.0 Å². The quantitative estimate of drug-likeness (QED) is 0.548. The van der Waals surface area contributed by atoms with E-state index in [2.05, 4.69) is 11.4 Å². The van der Waals surface area contributed by atoms with Crippen LogP contribution in [0.15, 0.2) is 70.4 Å². The average Bonchev–Trinajstić information content (AvgIpc) is 2.72. The maximum Gasteiger partial charge on any atom is 0.173 e. The molecule has 0 bridgehead atoms. The molecule has 0 aliphatic carbocycles. The summed E-state index contributed by atoms with van der Waals surface area (Å²) in [6.45, 7) is 3.26. The zero-order chi connectivity index (χ0) is 21.8. The topological polar surface area (TPSA) is 70.0 Å². The number of dihydropyridines is 1. The van der Waals surface area contributed by atoms with Crippen LogP contribution in [0, 0.1) is 11.3 Å². The number of benzene rings is 2. The molecule has 1 atom stereocenters. The molecule has 30 heavy (non-hydrogen) atoms. The minimum Gasteiger partial charge on any atom is -0.353 e. The third-order valence-corrected chi connectivity index (χ3v) is 6.37. The number of allylic oxidation sites excluding steroid dienone is 3. The van der Waals surface area contributed by atoms with Crippen LogP contribution < -0.4 is 5.32 Å². The third-order valence-electron chi connectivity index (χ3n) is 4.76. The first-order chi connectivity index (χ1) is 14.3. The standard InChI is InChI=1S/C23H18Cl2N2O2S/c1-13-21(14(2)28)22(17-5-3-4-6-19(17)25)18(11-26)23(27-13)30-12-20(29)15-7-9-16(24)10-8-15/h3-10,22,27H,12H2,1-2H3/t22-/m1/s1. The largest absolute Gasteiger partial charge is 0.353 e. The van der Waals surface area contributed by atoms with E-state index < -0.39 is 5.92 Å². The average molecular weight is 457 g/mol. The van der Waals surface area contributed by atoms with Gasteiger partial charge in [0.05, 0.1) is 28.3 Å². The van der Waals surface area contributed by atoms with Gasteiger partial charge in [-0.3, -0.25) is 9.59 Å². The molecular weight excluding hydrogens is 439 g/mol. The van der Waals surface area contributed by atoms with Crippen LogP contribution in [0.3, 0.4) is 0 Å². The Morgan fingerprint density at radius 2 is 1.80 bits per heavy atom. The molecule has 0 amide bonds. The Bertz CT molecular complexity index is 1110. The summed E-state index contributed by atoms with van der Waals surface area (Å²) in [6.07, 6.45) is 0. The van der Waals surface area contributed by atoms with Gasteiger partial charge in [0, 0.05) is 26.9 Å². The Kier molecular flexibility index (Phi) is 7.04. The summed E-state index contributed by atoms with van der Waals surface area (Å²) in [6, 6.07) is 16.1. The van der Waals surface area contributed by atoms with Crippen molar-refractivity contribution in [1.82, 2.24) is 5.32 Å². The molecule has 0 radical (unpaired) electrons. The maximum atomic E-state index is 12.6. The lowest BCUT2D eigenvalue weighted by molar-refractivity contribution is -0.113. The van der Waals surface area contributed by atoms with Crippen molar-refractivity contribution in [2.24, 2.45) is 0 Å². The van der Waals surface area contributed by atoms with E-state index in [0.717, 1.165) is 0 Å². The van der Waals surface area contributed by atoms with Crippen molar-refractivity contribution in [3.05, 3.63) is 91.6 Å². The Morgan fingerprint density at radius 1 is 1.13 bits per heavy atom. The summed E-state index contributed by atoms with van der Waals surface area (Å²) >= 11 is 13.5. The summed E-state index contributed by atoms with van der Waals surface area (Å²) < 4.78 is 0. The molecule has 0 saturated carbocycles. The number of hydrogen-bond acceptors (Lipinski definition) is 5. The van der Waals surface area contributed by atoms with Crippen molar-refractivity contribution in [2.45, 2.75) is 19.8 Å². The fourth-order valence-corrected chi connectivity index (χ4v) is 4.73. The smallest absolute Gasteiger partial charge is 0.173 e. The summed E-state index contributed by atoms with van der Waals surface area (Å²) in [5.41, 5.74) is 2.73. The van der Waals surface area contributed by atoms with Crippen LogP contribution in [0.25, 0.3) is 0 Å². The van der Waals surface area contributed by atoms with Gasteiger partial charge in [-0.15, -0.1) is 0 Å². The van der Waals surface area contributed by atoms with Gasteiger partial charge in [0.2, 0.25) is 0 Å². The monoisotopic (exact) mass is 456 g/mol. The number of nitriles is 1. The van der Waals surface area contributed by atoms with Gasteiger partial charge < -0.3 is 5.32 Å². The molecule has 152 valence electrons. The second-order valence-electron chi connectivity index (χ2n) is 6.75. The lowest BCUT2D eigenvalue weighted by Crippen LogP contribution is -2.27. The zero-order valence-electron chi connectivity index (χ0n) is 16.3. The molecule has 1 heterocycles. The molecule has 0 fully saturated rings. The highest BCUT2D eigenvalue weighted by Crippen LogP contribution is 2.43. The molecule has 3 rings (SSSR count). The molecule has 0 aromatic heterocycles. The van der Waals surface area contributed by atoms with Gasteiger partial charge in [-0.05, 0) is 49.7 Å². The van der Waals surface area contributed by atoms with Gasteiger partial charge in [-0.1, -0.05) is 53.2 Å². The predicted molar refractivity (Wildman–Crippen MR) is 122 cm³/mol. The lowest BCUT2D eigenvalue weighted by atomic mass is 9.81. The van der Waals surface area contributed by atoms with Crippen molar-refractivity contribution < 1.29 is 9.59 Å². The van der Waals surface area contributed by atoms with E-state index in [-0.39, 0.29) is 17.3 Å². The Hall–Kier alpha value is -2.52. The number of carbonyl (C=O) groups excluding carboxylic acids is 2. The Labute approximate surface area is 189 Å². The van der Waals surface area contributed by atoms with Gasteiger partial charge >= 0.3 is 0 Å². The predicted octanol–water partition coefficient (Wildman–Crippen LogP) is 5.89. The van der Waals surface area contributed by atoms with Crippen molar-refractivity contribution in [2.75, 3.05) is 5.75 Å². The summed E-state index contributed by atoms with van der Waals surface area (Å²) in [7, 11) is 0. The summed E-state index contributed by atoms with van der Waals surface area (Å²) in [4.78, 5) is 25.0. The molecular formula is C23H18Cl2N2O2S. The van der Waals surface area contributed by atoms with Gasteiger partial charge in [0.15, 0.2) is 11.6 Å². The molecule has 7 heteroatoms. The van der Waals surface area contributed by atoms with E-state index in [1.807, 2.05) is 12.1 Å². The van der Waals surface area contributed by atoms with E-state index in [4.69, 9.17) is 23.2 Å². The number of halogens is 2. The first kappa shape index (κ1) is 22.2. The number of ketones is 2. The second kappa shape index (κ2) is 9.53. The minimum absolute atomic E-state index is 0.0865. The van der Waals surface area contributed by atoms with Crippen molar-refractivity contribution in [3.63, 3.8) is 0 Å². The van der Waals surface area contributed by atoms with Gasteiger partial charge in [-0.25, -0.2) is 0 Å². The Morgan fingerprint density at radius 3 is 2.40 bits per heavy atom. The number of nitrogens with one attached hydrogen (secondary N) is 1. The number of thioether (sulfide) groups is 1. The number of nitrogens with zero attached hydrogens (tertiary/aromatic N) is 1. The molecule has 2 aromatic carbocycles. The van der Waals surface area contributed by atoms with Crippen LogP contribution in [-0.2, 0) is 4.79 Å². The van der Waals surface area contributed by atoms with Gasteiger partial charge in [-0.2, -0.15) is 5.26 Å². The highest BCUT2D eigenvalue weighted by atomic mass is 35.5. The van der Waals surface area contributed by atoms with E-state index in [0.29, 0.717) is 43.0 Å². The SMILES string of the molecule is CC(=O)C1=C(C)NC(SCC(=O)c2ccc(Cl)cc2)=C(C#N)[C@H]1c1ccccc1Cl. The van der Waals surface area contributed by atoms with E-state index in [1.165, 1.54) is 18.7 Å². The number of hydrogen-bond donors (Lipinski definition) is 1. The van der Waals surface area contributed by atoms with Crippen LogP contribution in [0.4, 0.5) is 0 Å². The normalized spacial score (nSPS) is 16.2. The van der Waals surface area contributed by atoms with E-state index in [9.17, 15) is 14.9 Å². The van der Waals surface area contributed by atoms with E-state index in [1.54, 1.807) is 43.3 Å². The minimum atomic E-state index is -0.587. The molecule has 1 N–H and O–H groups in total. The van der Waals surface area contributed by atoms with Crippen molar-refractivity contribution >= 4 is 46.5 Å². The van der Waals surface area contributed by atoms with Gasteiger partial charge in [0.1, 0.15) is 0 Å². The molecule has 0 spiro atoms. The molecule has 4 nitrogen and oxygen atoms in total. The highest BCUT2D eigenvalue weighted by Gasteiger charge is 2.34. The lowest BCUT2D eigenvalue weighted by Gasteiger charge is -2.29. The highest BCUT2D eigenvalue weighted by molar-refractivity contribution is 8.03. The Balaban J connectivity index is 1.97. The maximum absolute atomic E-state index is 12.6. The molecule has 0 saturated heterocycles. The van der Waals surface area contributed by atoms with Crippen LogP contribution >= 0.6 is 35.0 Å². The third kappa shape index (κ3) is 4.62. The number of Topliss-reactive ketones (excluding diaryl/α,β-unsaturated/α-hetero) is 2.